The summed E-state index contributed by atoms with van der Waals surface area (Å²) in [5.74, 6) is -0.409. The molecule has 0 atom stereocenters. The highest BCUT2D eigenvalue weighted by Crippen LogP contribution is 1.84. The molecule has 1 N–H and O–H groups in total. The Kier molecular flexibility index (Phi) is 5.07. The Labute approximate surface area is 65.1 Å². The van der Waals surface area contributed by atoms with Crippen LogP contribution in [0.1, 0.15) is 0 Å². The fraction of sp³-hybridized carbons (Fsp3) is 0.667. The van der Waals surface area contributed by atoms with Crippen molar-refractivity contribution in [1.82, 2.24) is 5.32 Å². The number of carbonyl (C=O) groups is 1. The summed E-state index contributed by atoms with van der Waals surface area (Å²) in [6, 6.07) is 0. The molecule has 0 spiro atoms. The monoisotopic (exact) mass is 158 g/mol. The Morgan fingerprint density at radius 3 is 2.55 bits per heavy atom. The standard InChI is InChI=1S/C6H10N2O3/c1-7-4-5(9)8-6(10-2)11-3/h6H,4H2,2-3H3,(H,8,9). The van der Waals surface area contributed by atoms with E-state index in [1.54, 1.807) is 0 Å². The normalized spacial score (nSPS) is 9.27. The van der Waals surface area contributed by atoms with Gasteiger partial charge in [-0.1, -0.05) is 0 Å². The van der Waals surface area contributed by atoms with E-state index in [-0.39, 0.29) is 6.54 Å². The number of amides is 1. The van der Waals surface area contributed by atoms with Gasteiger partial charge in [0.2, 0.25) is 6.41 Å². The molecule has 0 rings (SSSR count). The summed E-state index contributed by atoms with van der Waals surface area (Å²) in [7, 11) is 2.79. The molecule has 0 bridgehead atoms. The van der Waals surface area contributed by atoms with Gasteiger partial charge in [-0.15, -0.1) is 0 Å². The third-order valence-corrected chi connectivity index (χ3v) is 0.930. The van der Waals surface area contributed by atoms with E-state index in [9.17, 15) is 4.79 Å². The number of nitrogens with zero attached hydrogens (tertiary/aromatic N) is 1. The third kappa shape index (κ3) is 4.31. The van der Waals surface area contributed by atoms with Crippen LogP contribution in [0, 0.1) is 6.57 Å². The van der Waals surface area contributed by atoms with Crippen molar-refractivity contribution < 1.29 is 14.3 Å². The summed E-state index contributed by atoms with van der Waals surface area (Å²) in [6.45, 7) is 6.17. The summed E-state index contributed by atoms with van der Waals surface area (Å²) < 4.78 is 9.32. The van der Waals surface area contributed by atoms with Crippen LogP contribution in [0.4, 0.5) is 0 Å². The number of hydrogen-bond donors (Lipinski definition) is 1. The van der Waals surface area contributed by atoms with Crippen LogP contribution in [-0.4, -0.2) is 33.1 Å². The lowest BCUT2D eigenvalue weighted by Gasteiger charge is -2.12. The van der Waals surface area contributed by atoms with Crippen LogP contribution in [0.15, 0.2) is 0 Å². The number of methoxy groups -OCH3 is 2. The van der Waals surface area contributed by atoms with Gasteiger partial charge in [-0.2, -0.15) is 0 Å². The molecule has 0 aromatic heterocycles. The topological polar surface area (TPSA) is 51.9 Å². The number of ether oxygens (including phenoxy) is 2. The van der Waals surface area contributed by atoms with Crippen molar-refractivity contribution in [2.45, 2.75) is 6.41 Å². The first-order valence-corrected chi connectivity index (χ1v) is 2.92. The Morgan fingerprint density at radius 2 is 2.18 bits per heavy atom. The molecule has 0 aliphatic carbocycles. The van der Waals surface area contributed by atoms with Gasteiger partial charge in [-0.05, 0) is 0 Å². The van der Waals surface area contributed by atoms with Crippen molar-refractivity contribution in [3.63, 3.8) is 0 Å². The second-order valence-electron chi connectivity index (χ2n) is 1.69. The lowest BCUT2D eigenvalue weighted by Crippen LogP contribution is -2.38. The predicted molar refractivity (Wildman–Crippen MR) is 37.4 cm³/mol. The van der Waals surface area contributed by atoms with E-state index >= 15 is 0 Å². The Bertz CT molecular complexity index is 160. The van der Waals surface area contributed by atoms with Crippen molar-refractivity contribution in [1.29, 1.82) is 0 Å². The molecule has 0 aromatic rings. The van der Waals surface area contributed by atoms with E-state index in [0.717, 1.165) is 0 Å². The minimum absolute atomic E-state index is 0.205. The van der Waals surface area contributed by atoms with Gasteiger partial charge in [0.25, 0.3) is 6.54 Å². The molecule has 0 aliphatic rings. The van der Waals surface area contributed by atoms with E-state index in [0.29, 0.717) is 0 Å². The Morgan fingerprint density at radius 1 is 1.64 bits per heavy atom. The second kappa shape index (κ2) is 5.65. The zero-order valence-corrected chi connectivity index (χ0v) is 6.46. The van der Waals surface area contributed by atoms with Gasteiger partial charge in [-0.3, -0.25) is 4.79 Å². The molecule has 0 saturated heterocycles. The van der Waals surface area contributed by atoms with Crippen LogP contribution >= 0.6 is 0 Å². The highest BCUT2D eigenvalue weighted by atomic mass is 16.7. The van der Waals surface area contributed by atoms with Crippen molar-refractivity contribution in [2.24, 2.45) is 0 Å². The average molecular weight is 158 g/mol. The molecular formula is C6H10N2O3. The third-order valence-electron chi connectivity index (χ3n) is 0.930. The van der Waals surface area contributed by atoms with Gasteiger partial charge in [-0.25, -0.2) is 6.57 Å². The van der Waals surface area contributed by atoms with E-state index in [2.05, 4.69) is 19.6 Å². The molecule has 0 fully saturated rings. The molecule has 0 radical (unpaired) electrons. The molecule has 1 amide bonds. The molecule has 0 aliphatic heterocycles. The SMILES string of the molecule is [C-]#[N+]CC(=O)NC(OC)OC. The molecule has 5 heteroatoms. The quantitative estimate of drug-likeness (QED) is 0.447. The van der Waals surface area contributed by atoms with Gasteiger partial charge < -0.3 is 19.6 Å². The molecule has 11 heavy (non-hydrogen) atoms. The number of nitrogens with one attached hydrogen (secondary N) is 1. The van der Waals surface area contributed by atoms with E-state index < -0.39 is 12.3 Å². The van der Waals surface area contributed by atoms with Crippen molar-refractivity contribution in [3.05, 3.63) is 11.4 Å². The second-order valence-corrected chi connectivity index (χ2v) is 1.69. The summed E-state index contributed by atoms with van der Waals surface area (Å²) >= 11 is 0. The average Bonchev–Trinajstić information content (AvgIpc) is 2.01. The maximum absolute atomic E-state index is 10.7. The first kappa shape index (κ1) is 9.88. The first-order valence-electron chi connectivity index (χ1n) is 2.92. The van der Waals surface area contributed by atoms with Gasteiger partial charge in [0.05, 0.1) is 0 Å². The predicted octanol–water partition coefficient (Wildman–Crippen LogP) is -0.402. The lowest BCUT2D eigenvalue weighted by molar-refractivity contribution is -0.147. The van der Waals surface area contributed by atoms with Gasteiger partial charge >= 0.3 is 5.91 Å². The Hall–Kier alpha value is -1.12. The fourth-order valence-electron chi connectivity index (χ4n) is 0.463. The minimum Gasteiger partial charge on any atom is -0.339 e. The number of hydrogen-bond acceptors (Lipinski definition) is 3. The molecule has 0 unspecified atom stereocenters. The molecule has 0 saturated carbocycles. The number of carbonyl (C=O) groups excluding carboxylic acids is 1. The van der Waals surface area contributed by atoms with Crippen molar-refractivity contribution in [2.75, 3.05) is 20.8 Å². The molecule has 62 valence electrons. The van der Waals surface area contributed by atoms with E-state index in [4.69, 9.17) is 6.57 Å². The molecular weight excluding hydrogens is 148 g/mol. The smallest absolute Gasteiger partial charge is 0.304 e. The van der Waals surface area contributed by atoms with Crippen molar-refractivity contribution in [3.8, 4) is 0 Å². The Balaban J connectivity index is 3.64. The summed E-state index contributed by atoms with van der Waals surface area (Å²) in [6.07, 6.45) is -0.760. The van der Waals surface area contributed by atoms with Crippen LogP contribution < -0.4 is 5.32 Å². The minimum atomic E-state index is -0.760. The first-order chi connectivity index (χ1) is 5.24. The zero-order valence-electron chi connectivity index (χ0n) is 6.46. The fourth-order valence-corrected chi connectivity index (χ4v) is 0.463. The lowest BCUT2D eigenvalue weighted by atomic mass is 10.6. The number of rotatable bonds is 4. The van der Waals surface area contributed by atoms with E-state index in [1.807, 2.05) is 0 Å². The highest BCUT2D eigenvalue weighted by molar-refractivity contribution is 5.79. The highest BCUT2D eigenvalue weighted by Gasteiger charge is 2.10. The van der Waals surface area contributed by atoms with Gasteiger partial charge in [0.15, 0.2) is 0 Å². The van der Waals surface area contributed by atoms with Gasteiger partial charge in [0.1, 0.15) is 0 Å². The van der Waals surface area contributed by atoms with Crippen LogP contribution in [0.3, 0.4) is 0 Å². The molecule has 5 nitrogen and oxygen atoms in total. The van der Waals surface area contributed by atoms with E-state index in [1.165, 1.54) is 14.2 Å². The van der Waals surface area contributed by atoms with Crippen LogP contribution in [0.2, 0.25) is 0 Å². The van der Waals surface area contributed by atoms with Crippen LogP contribution in [0.25, 0.3) is 4.85 Å². The molecule has 0 aromatic carbocycles. The largest absolute Gasteiger partial charge is 0.339 e. The maximum Gasteiger partial charge on any atom is 0.304 e. The molecule has 0 heterocycles. The van der Waals surface area contributed by atoms with Gasteiger partial charge in [0, 0.05) is 14.2 Å². The zero-order chi connectivity index (χ0) is 8.69. The van der Waals surface area contributed by atoms with Crippen LogP contribution in [0.5, 0.6) is 0 Å². The summed E-state index contributed by atoms with van der Waals surface area (Å²) in [5, 5.41) is 2.32. The van der Waals surface area contributed by atoms with Crippen molar-refractivity contribution >= 4 is 5.91 Å². The van der Waals surface area contributed by atoms with Crippen LogP contribution in [-0.2, 0) is 14.3 Å². The summed E-state index contributed by atoms with van der Waals surface area (Å²) in [4.78, 5) is 13.6. The summed E-state index contributed by atoms with van der Waals surface area (Å²) in [5.41, 5.74) is 0. The maximum atomic E-state index is 10.7.